The van der Waals surface area contributed by atoms with Crippen molar-refractivity contribution in [2.75, 3.05) is 6.61 Å². The van der Waals surface area contributed by atoms with Gasteiger partial charge in [-0.3, -0.25) is 14.4 Å². The highest BCUT2D eigenvalue weighted by Gasteiger charge is 2.68. The Morgan fingerprint density at radius 3 is 2.70 bits per heavy atom. The van der Waals surface area contributed by atoms with E-state index in [9.17, 15) is 24.6 Å². The summed E-state index contributed by atoms with van der Waals surface area (Å²) in [6, 6.07) is 0. The van der Waals surface area contributed by atoms with Crippen LogP contribution in [0.3, 0.4) is 0 Å². The number of aliphatic hydroxyl groups is 2. The molecule has 30 heavy (non-hydrogen) atoms. The van der Waals surface area contributed by atoms with Crippen LogP contribution in [0.25, 0.3) is 0 Å². The minimum atomic E-state index is -1.69. The Kier molecular flexibility index (Phi) is 4.92. The highest BCUT2D eigenvalue weighted by atomic mass is 35.5. The molecule has 0 heterocycles. The number of rotatable bonds is 3. The van der Waals surface area contributed by atoms with Gasteiger partial charge >= 0.3 is 5.97 Å². The summed E-state index contributed by atoms with van der Waals surface area (Å²) in [5, 5.41) is 23.2. The van der Waals surface area contributed by atoms with E-state index in [0.29, 0.717) is 17.0 Å². The lowest BCUT2D eigenvalue weighted by Crippen LogP contribution is -2.61. The van der Waals surface area contributed by atoms with Crippen molar-refractivity contribution >= 4 is 29.1 Å². The minimum Gasteiger partial charge on any atom is -0.458 e. The van der Waals surface area contributed by atoms with Crippen molar-refractivity contribution in [1.82, 2.24) is 0 Å². The molecule has 2 saturated carbocycles. The molecule has 4 aliphatic rings. The molecule has 162 valence electrons. The summed E-state index contributed by atoms with van der Waals surface area (Å²) in [6.07, 6.45) is 7.02. The first kappa shape index (κ1) is 21.5. The molecular weight excluding hydrogens is 408 g/mol. The molecule has 0 radical (unpaired) electrons. The van der Waals surface area contributed by atoms with Gasteiger partial charge in [-0.15, -0.1) is 0 Å². The third-order valence-electron chi connectivity index (χ3n) is 8.12. The molecule has 2 N–H and O–H groups in total. The predicted octanol–water partition coefficient (Wildman–Crippen LogP) is 2.47. The van der Waals surface area contributed by atoms with Crippen molar-refractivity contribution in [2.45, 2.75) is 51.7 Å². The summed E-state index contributed by atoms with van der Waals surface area (Å²) in [7, 11) is 0. The van der Waals surface area contributed by atoms with Crippen LogP contribution in [0.5, 0.6) is 0 Å². The minimum absolute atomic E-state index is 0.0877. The first-order valence-corrected chi connectivity index (χ1v) is 10.7. The zero-order valence-corrected chi connectivity index (χ0v) is 18.1. The van der Waals surface area contributed by atoms with Crippen molar-refractivity contribution < 1.29 is 29.3 Å². The molecule has 4 aliphatic carbocycles. The molecule has 4 rings (SSSR count). The van der Waals surface area contributed by atoms with Crippen LogP contribution in [0.1, 0.15) is 40.0 Å². The molecule has 7 heteroatoms. The van der Waals surface area contributed by atoms with E-state index in [2.05, 4.69) is 0 Å². The Morgan fingerprint density at radius 2 is 2.03 bits per heavy atom. The van der Waals surface area contributed by atoms with Gasteiger partial charge in [-0.25, -0.2) is 0 Å². The van der Waals surface area contributed by atoms with E-state index in [-0.39, 0.29) is 36.4 Å². The van der Waals surface area contributed by atoms with E-state index in [0.717, 1.165) is 0 Å². The van der Waals surface area contributed by atoms with Gasteiger partial charge < -0.3 is 14.9 Å². The van der Waals surface area contributed by atoms with Crippen LogP contribution >= 0.6 is 11.6 Å². The second-order valence-electron chi connectivity index (χ2n) is 9.59. The van der Waals surface area contributed by atoms with Crippen LogP contribution in [0, 0.1) is 28.6 Å². The summed E-state index contributed by atoms with van der Waals surface area (Å²) in [5.74, 6) is -1.72. The maximum absolute atomic E-state index is 12.9. The maximum Gasteiger partial charge on any atom is 0.303 e. The number of allylic oxidation sites excluding steroid dienone is 6. The average Bonchev–Trinajstić information content (AvgIpc) is 2.93. The van der Waals surface area contributed by atoms with E-state index in [1.807, 2.05) is 26.0 Å². The van der Waals surface area contributed by atoms with Crippen molar-refractivity contribution in [3.8, 4) is 0 Å². The van der Waals surface area contributed by atoms with Crippen molar-refractivity contribution in [3.05, 3.63) is 34.9 Å². The average molecular weight is 435 g/mol. The Labute approximate surface area is 180 Å². The first-order valence-electron chi connectivity index (χ1n) is 10.3. The van der Waals surface area contributed by atoms with Gasteiger partial charge in [-0.2, -0.15) is 0 Å². The number of hydrogen-bond donors (Lipinski definition) is 2. The van der Waals surface area contributed by atoms with E-state index < -0.39 is 40.9 Å². The molecule has 0 amide bonds. The van der Waals surface area contributed by atoms with Gasteiger partial charge in [0, 0.05) is 28.7 Å². The molecule has 6 nitrogen and oxygen atoms in total. The highest BCUT2D eigenvalue weighted by Crippen LogP contribution is 2.66. The molecule has 0 aliphatic heterocycles. The number of ketones is 2. The van der Waals surface area contributed by atoms with Gasteiger partial charge in [-0.05, 0) is 48.8 Å². The van der Waals surface area contributed by atoms with E-state index in [4.69, 9.17) is 16.3 Å². The normalized spacial score (nSPS) is 44.4. The number of aliphatic hydroxyl groups excluding tert-OH is 1. The summed E-state index contributed by atoms with van der Waals surface area (Å²) in [6.45, 7) is 4.55. The number of carbonyl (C=O) groups excluding carboxylic acids is 3. The fraction of sp³-hybridized carbons (Fsp3) is 0.609. The SMILES string of the molecule is CC(=O)OCC(=O)[C@@]1(O)CC[C@H]2[C@@H]3C=C(Cl)C4=CC(=O)C=C[C@]4(C)[C@H]3[C@@H](O)C[C@@]21C. The second kappa shape index (κ2) is 6.87. The monoisotopic (exact) mass is 434 g/mol. The molecule has 0 spiro atoms. The Morgan fingerprint density at radius 1 is 1.33 bits per heavy atom. The van der Waals surface area contributed by atoms with Gasteiger partial charge in [0.15, 0.2) is 12.4 Å². The molecule has 0 aromatic rings. The summed E-state index contributed by atoms with van der Waals surface area (Å²) < 4.78 is 4.86. The van der Waals surface area contributed by atoms with E-state index >= 15 is 0 Å². The fourth-order valence-corrected chi connectivity index (χ4v) is 7.01. The fourth-order valence-electron chi connectivity index (χ4n) is 6.61. The quantitative estimate of drug-likeness (QED) is 0.662. The Hall–Kier alpha value is -1.76. The van der Waals surface area contributed by atoms with Gasteiger partial charge in [-0.1, -0.05) is 37.6 Å². The first-order chi connectivity index (χ1) is 13.9. The largest absolute Gasteiger partial charge is 0.458 e. The van der Waals surface area contributed by atoms with Gasteiger partial charge in [0.25, 0.3) is 0 Å². The Bertz CT molecular complexity index is 919. The highest BCUT2D eigenvalue weighted by molar-refractivity contribution is 6.32. The van der Waals surface area contributed by atoms with Gasteiger partial charge in [0.2, 0.25) is 5.78 Å². The predicted molar refractivity (Wildman–Crippen MR) is 109 cm³/mol. The third kappa shape index (κ3) is 2.80. The molecule has 0 unspecified atom stereocenters. The zero-order valence-electron chi connectivity index (χ0n) is 17.4. The summed E-state index contributed by atoms with van der Waals surface area (Å²) in [5.41, 5.74) is -2.47. The lowest BCUT2D eigenvalue weighted by Gasteiger charge is -2.58. The molecule has 0 bridgehead atoms. The van der Waals surface area contributed by atoms with Gasteiger partial charge in [0.05, 0.1) is 6.10 Å². The number of esters is 1. The maximum atomic E-state index is 12.9. The molecule has 7 atom stereocenters. The summed E-state index contributed by atoms with van der Waals surface area (Å²) in [4.78, 5) is 36.0. The molecule has 0 aromatic heterocycles. The number of carbonyl (C=O) groups is 3. The second-order valence-corrected chi connectivity index (χ2v) is 10.00. The van der Waals surface area contributed by atoms with Crippen molar-refractivity contribution in [3.63, 3.8) is 0 Å². The van der Waals surface area contributed by atoms with Gasteiger partial charge in [0.1, 0.15) is 5.60 Å². The van der Waals surface area contributed by atoms with Crippen LogP contribution in [0.15, 0.2) is 34.9 Å². The smallest absolute Gasteiger partial charge is 0.303 e. The van der Waals surface area contributed by atoms with Crippen LogP contribution < -0.4 is 0 Å². The number of ether oxygens (including phenoxy) is 1. The van der Waals surface area contributed by atoms with Crippen LogP contribution in [-0.2, 0) is 19.1 Å². The molecule has 0 aromatic carbocycles. The van der Waals surface area contributed by atoms with E-state index in [1.165, 1.54) is 19.1 Å². The zero-order chi connectivity index (χ0) is 22.1. The van der Waals surface area contributed by atoms with Crippen LogP contribution in [-0.4, -0.2) is 46.1 Å². The third-order valence-corrected chi connectivity index (χ3v) is 8.45. The number of fused-ring (bicyclic) bond motifs is 5. The topological polar surface area (TPSA) is 101 Å². The van der Waals surface area contributed by atoms with Crippen LogP contribution in [0.4, 0.5) is 0 Å². The Balaban J connectivity index is 1.74. The molecule has 2 fully saturated rings. The molecule has 0 saturated heterocycles. The van der Waals surface area contributed by atoms with Crippen molar-refractivity contribution in [2.24, 2.45) is 28.6 Å². The summed E-state index contributed by atoms with van der Waals surface area (Å²) >= 11 is 6.60. The van der Waals surface area contributed by atoms with E-state index in [1.54, 1.807) is 0 Å². The number of Topliss-reactive ketones (excluding diaryl/α,β-unsaturated/α-hetero) is 1. The lowest BCUT2D eigenvalue weighted by molar-refractivity contribution is -0.175. The number of hydrogen-bond acceptors (Lipinski definition) is 6. The standard InChI is InChI=1S/C23H27ClO6/c1-12(25)30-11-19(28)23(29)7-5-15-14-9-17(24)16-8-13(26)4-6-21(16,2)20(14)18(27)10-22(15,23)3/h4,6,8-9,14-15,18,20,27,29H,5,7,10-11H2,1-3H3/t14-,15-,18-,20+,21-,22-,23-/m0/s1. The van der Waals surface area contributed by atoms with Crippen LogP contribution in [0.2, 0.25) is 0 Å². The molecular formula is C23H27ClO6. The van der Waals surface area contributed by atoms with Crippen molar-refractivity contribution in [1.29, 1.82) is 0 Å². The lowest BCUT2D eigenvalue weighted by atomic mass is 9.48. The number of halogens is 1.